The lowest BCUT2D eigenvalue weighted by Crippen LogP contribution is -2.14. The van der Waals surface area contributed by atoms with Crippen LogP contribution in [0.2, 0.25) is 0 Å². The van der Waals surface area contributed by atoms with Crippen LogP contribution in [0.4, 0.5) is 5.13 Å². The van der Waals surface area contributed by atoms with Crippen LogP contribution in [0.5, 0.6) is 0 Å². The highest BCUT2D eigenvalue weighted by atomic mass is 32.1. The predicted molar refractivity (Wildman–Crippen MR) is 70.8 cm³/mol. The fraction of sp³-hybridized carbons (Fsp3) is 0.667. The van der Waals surface area contributed by atoms with Crippen LogP contribution in [0.25, 0.3) is 0 Å². The summed E-state index contributed by atoms with van der Waals surface area (Å²) in [5.41, 5.74) is 0. The first-order valence-electron chi connectivity index (χ1n) is 5.94. The van der Waals surface area contributed by atoms with E-state index in [9.17, 15) is 4.79 Å². The maximum atomic E-state index is 10.7. The van der Waals surface area contributed by atoms with Crippen molar-refractivity contribution in [3.8, 4) is 0 Å². The van der Waals surface area contributed by atoms with E-state index in [-0.39, 0.29) is 4.88 Å². The molecule has 0 bridgehead atoms. The summed E-state index contributed by atoms with van der Waals surface area (Å²) in [4.78, 5) is 15.0. The van der Waals surface area contributed by atoms with Crippen LogP contribution in [0, 0.1) is 5.92 Å². The van der Waals surface area contributed by atoms with Gasteiger partial charge in [0, 0.05) is 6.04 Å². The molecule has 4 nitrogen and oxygen atoms in total. The third kappa shape index (κ3) is 5.17. The van der Waals surface area contributed by atoms with Crippen LogP contribution in [0.3, 0.4) is 0 Å². The Labute approximate surface area is 106 Å². The molecule has 1 atom stereocenters. The molecule has 0 saturated carbocycles. The highest BCUT2D eigenvalue weighted by molar-refractivity contribution is 7.17. The molecule has 0 aliphatic heterocycles. The van der Waals surface area contributed by atoms with Crippen LogP contribution >= 0.6 is 11.3 Å². The number of nitrogens with zero attached hydrogens (tertiary/aromatic N) is 1. The van der Waals surface area contributed by atoms with Crippen molar-refractivity contribution in [3.05, 3.63) is 11.1 Å². The van der Waals surface area contributed by atoms with E-state index in [2.05, 4.69) is 31.1 Å². The van der Waals surface area contributed by atoms with Gasteiger partial charge >= 0.3 is 5.97 Å². The third-order valence-corrected chi connectivity index (χ3v) is 3.42. The number of hydrogen-bond donors (Lipinski definition) is 2. The van der Waals surface area contributed by atoms with Gasteiger partial charge < -0.3 is 10.4 Å². The number of carboxylic acid groups (broad SMARTS) is 1. The Morgan fingerprint density at radius 2 is 2.18 bits per heavy atom. The second-order valence-corrected chi connectivity index (χ2v) is 5.74. The number of nitrogens with one attached hydrogen (secondary N) is 1. The van der Waals surface area contributed by atoms with Crippen molar-refractivity contribution in [1.29, 1.82) is 0 Å². The summed E-state index contributed by atoms with van der Waals surface area (Å²) in [6.45, 7) is 6.54. The standard InChI is InChI=1S/C12H20N2O2S/c1-8(2)5-4-6-9(3)14-12-13-7-10(17-12)11(15)16/h7-9H,4-6H2,1-3H3,(H,13,14)(H,15,16). The molecule has 96 valence electrons. The maximum absolute atomic E-state index is 10.7. The molecule has 1 unspecified atom stereocenters. The van der Waals surface area contributed by atoms with E-state index >= 15 is 0 Å². The highest BCUT2D eigenvalue weighted by Gasteiger charge is 2.10. The molecule has 1 rings (SSSR count). The van der Waals surface area contributed by atoms with Gasteiger partial charge in [0.1, 0.15) is 4.88 Å². The zero-order valence-electron chi connectivity index (χ0n) is 10.6. The number of carbonyl (C=O) groups is 1. The normalized spacial score (nSPS) is 12.7. The highest BCUT2D eigenvalue weighted by Crippen LogP contribution is 2.20. The molecule has 0 aliphatic rings. The molecular weight excluding hydrogens is 236 g/mol. The molecule has 1 aromatic heterocycles. The SMILES string of the molecule is CC(C)CCCC(C)Nc1ncc(C(=O)O)s1. The van der Waals surface area contributed by atoms with Gasteiger partial charge in [-0.15, -0.1) is 0 Å². The fourth-order valence-corrected chi connectivity index (χ4v) is 2.32. The summed E-state index contributed by atoms with van der Waals surface area (Å²) >= 11 is 1.19. The number of rotatable bonds is 7. The Bertz CT molecular complexity index is 363. The summed E-state index contributed by atoms with van der Waals surface area (Å²) < 4.78 is 0. The minimum absolute atomic E-state index is 0.280. The number of anilines is 1. The topological polar surface area (TPSA) is 62.2 Å². The van der Waals surface area contributed by atoms with Crippen molar-refractivity contribution in [2.24, 2.45) is 5.92 Å². The molecule has 0 amide bonds. The molecule has 5 heteroatoms. The van der Waals surface area contributed by atoms with Gasteiger partial charge in [0.05, 0.1) is 6.20 Å². The number of aromatic nitrogens is 1. The number of hydrogen-bond acceptors (Lipinski definition) is 4. The summed E-state index contributed by atoms with van der Waals surface area (Å²) in [6, 6.07) is 0.335. The molecule has 1 aromatic rings. The van der Waals surface area contributed by atoms with Gasteiger partial charge in [-0.3, -0.25) is 0 Å². The second kappa shape index (κ2) is 6.59. The van der Waals surface area contributed by atoms with E-state index in [1.165, 1.54) is 30.4 Å². The summed E-state index contributed by atoms with van der Waals surface area (Å²) in [5.74, 6) is -0.177. The van der Waals surface area contributed by atoms with Gasteiger partial charge in [-0.05, 0) is 19.3 Å². The van der Waals surface area contributed by atoms with Gasteiger partial charge in [-0.2, -0.15) is 0 Å². The van der Waals surface area contributed by atoms with Crippen LogP contribution < -0.4 is 5.32 Å². The average Bonchev–Trinajstić information content (AvgIpc) is 2.65. The first kappa shape index (κ1) is 14.0. The van der Waals surface area contributed by atoms with Crippen LogP contribution in [-0.2, 0) is 0 Å². The van der Waals surface area contributed by atoms with Crippen molar-refractivity contribution in [3.63, 3.8) is 0 Å². The van der Waals surface area contributed by atoms with E-state index in [4.69, 9.17) is 5.11 Å². The number of aromatic carboxylic acids is 1. The van der Waals surface area contributed by atoms with Gasteiger partial charge in [0.15, 0.2) is 5.13 Å². The predicted octanol–water partition coefficient (Wildman–Crippen LogP) is 3.47. The Kier molecular flexibility index (Phi) is 5.41. The first-order chi connectivity index (χ1) is 7.99. The second-order valence-electron chi connectivity index (χ2n) is 4.70. The first-order valence-corrected chi connectivity index (χ1v) is 6.76. The van der Waals surface area contributed by atoms with Crippen LogP contribution in [0.15, 0.2) is 6.20 Å². The van der Waals surface area contributed by atoms with Crippen molar-refractivity contribution in [1.82, 2.24) is 4.98 Å². The Hall–Kier alpha value is -1.10. The van der Waals surface area contributed by atoms with Crippen LogP contribution in [-0.4, -0.2) is 22.1 Å². The smallest absolute Gasteiger partial charge is 0.347 e. The summed E-state index contributed by atoms with van der Waals surface area (Å²) in [6.07, 6.45) is 4.89. The zero-order valence-corrected chi connectivity index (χ0v) is 11.4. The quantitative estimate of drug-likeness (QED) is 0.784. The Morgan fingerprint density at radius 3 is 2.71 bits per heavy atom. The fourth-order valence-electron chi connectivity index (χ4n) is 1.55. The van der Waals surface area contributed by atoms with Crippen LogP contribution in [0.1, 0.15) is 49.7 Å². The van der Waals surface area contributed by atoms with Gasteiger partial charge in [-0.25, -0.2) is 9.78 Å². The lowest BCUT2D eigenvalue weighted by Gasteiger charge is -2.13. The molecule has 2 N–H and O–H groups in total. The average molecular weight is 256 g/mol. The van der Waals surface area contributed by atoms with E-state index in [0.29, 0.717) is 11.2 Å². The molecule has 0 spiro atoms. The molecule has 1 heterocycles. The summed E-state index contributed by atoms with van der Waals surface area (Å²) in [7, 11) is 0. The lowest BCUT2D eigenvalue weighted by molar-refractivity contribution is 0.0702. The van der Waals surface area contributed by atoms with Crippen molar-refractivity contribution < 1.29 is 9.90 Å². The minimum atomic E-state index is -0.914. The van der Waals surface area contributed by atoms with Crippen molar-refractivity contribution in [2.45, 2.75) is 46.1 Å². The molecule has 0 saturated heterocycles. The Balaban J connectivity index is 2.34. The van der Waals surface area contributed by atoms with Crippen molar-refractivity contribution in [2.75, 3.05) is 5.32 Å². The third-order valence-electron chi connectivity index (χ3n) is 2.50. The minimum Gasteiger partial charge on any atom is -0.477 e. The molecular formula is C12H20N2O2S. The molecule has 0 aliphatic carbocycles. The lowest BCUT2D eigenvalue weighted by atomic mass is 10.0. The molecule has 0 aromatic carbocycles. The summed E-state index contributed by atoms with van der Waals surface area (Å²) in [5, 5.41) is 12.7. The Morgan fingerprint density at radius 1 is 1.47 bits per heavy atom. The van der Waals surface area contributed by atoms with E-state index in [1.54, 1.807) is 0 Å². The zero-order chi connectivity index (χ0) is 12.8. The molecule has 0 fully saturated rings. The molecule has 0 radical (unpaired) electrons. The largest absolute Gasteiger partial charge is 0.477 e. The maximum Gasteiger partial charge on any atom is 0.347 e. The van der Waals surface area contributed by atoms with E-state index in [1.807, 2.05) is 0 Å². The number of thiazole rings is 1. The van der Waals surface area contributed by atoms with Gasteiger partial charge in [0.2, 0.25) is 0 Å². The van der Waals surface area contributed by atoms with Crippen molar-refractivity contribution >= 4 is 22.4 Å². The van der Waals surface area contributed by atoms with E-state index in [0.717, 1.165) is 12.3 Å². The monoisotopic (exact) mass is 256 g/mol. The van der Waals surface area contributed by atoms with E-state index < -0.39 is 5.97 Å². The van der Waals surface area contributed by atoms with Gasteiger partial charge in [-0.1, -0.05) is 38.0 Å². The molecule has 17 heavy (non-hydrogen) atoms. The number of carboxylic acids is 1. The van der Waals surface area contributed by atoms with Gasteiger partial charge in [0.25, 0.3) is 0 Å².